The Morgan fingerprint density at radius 1 is 1.40 bits per heavy atom. The quantitative estimate of drug-likeness (QED) is 0.850. The van der Waals surface area contributed by atoms with Crippen LogP contribution in [0, 0.1) is 18.7 Å². The molecule has 2 N–H and O–H groups in total. The summed E-state index contributed by atoms with van der Waals surface area (Å²) < 4.78 is 40.5. The Bertz CT molecular complexity index is 587. The largest absolute Gasteiger partial charge is 0.396 e. The van der Waals surface area contributed by atoms with Crippen molar-refractivity contribution in [1.29, 1.82) is 0 Å². The summed E-state index contributed by atoms with van der Waals surface area (Å²) in [5.41, 5.74) is 5.69. The number of hydrogen-bond donors (Lipinski definition) is 1. The highest BCUT2D eigenvalue weighted by Crippen LogP contribution is 2.33. The molecule has 0 heterocycles. The summed E-state index contributed by atoms with van der Waals surface area (Å²) in [5.74, 6) is -0.310. The Morgan fingerprint density at radius 3 is 2.45 bits per heavy atom. The van der Waals surface area contributed by atoms with Gasteiger partial charge in [-0.25, -0.2) is 12.8 Å². The van der Waals surface area contributed by atoms with Crippen LogP contribution in [0.5, 0.6) is 0 Å². The minimum absolute atomic E-state index is 0.0778. The first-order chi connectivity index (χ1) is 9.23. The lowest BCUT2D eigenvalue weighted by atomic mass is 10.2. The molecule has 0 aliphatic heterocycles. The van der Waals surface area contributed by atoms with Crippen LogP contribution in [0.4, 0.5) is 10.1 Å². The third-order valence-electron chi connectivity index (χ3n) is 3.36. The van der Waals surface area contributed by atoms with Crippen molar-refractivity contribution in [3.8, 4) is 0 Å². The van der Waals surface area contributed by atoms with Gasteiger partial charge in [-0.15, -0.1) is 0 Å². The molecule has 0 amide bonds. The third kappa shape index (κ3) is 2.96. The van der Waals surface area contributed by atoms with Crippen molar-refractivity contribution < 1.29 is 12.8 Å². The molecule has 1 aromatic rings. The van der Waals surface area contributed by atoms with Crippen LogP contribution in [0.15, 0.2) is 17.0 Å². The lowest BCUT2D eigenvalue weighted by molar-refractivity contribution is 0.360. The van der Waals surface area contributed by atoms with E-state index in [1.54, 1.807) is 0 Å². The van der Waals surface area contributed by atoms with Crippen LogP contribution in [0.3, 0.4) is 0 Å². The molecule has 0 unspecified atom stereocenters. The van der Waals surface area contributed by atoms with Gasteiger partial charge in [-0.2, -0.15) is 4.31 Å². The lowest BCUT2D eigenvalue weighted by Crippen LogP contribution is -2.36. The molecule has 0 atom stereocenters. The zero-order valence-corrected chi connectivity index (χ0v) is 12.9. The zero-order valence-electron chi connectivity index (χ0n) is 12.1. The van der Waals surface area contributed by atoms with E-state index in [0.717, 1.165) is 12.8 Å². The highest BCUT2D eigenvalue weighted by atomic mass is 32.2. The molecule has 0 spiro atoms. The zero-order chi connectivity index (χ0) is 15.1. The number of nitrogens with zero attached hydrogens (tertiary/aromatic N) is 1. The summed E-state index contributed by atoms with van der Waals surface area (Å²) in [5, 5.41) is 0. The maximum Gasteiger partial charge on any atom is 0.243 e. The Morgan fingerprint density at radius 2 is 2.00 bits per heavy atom. The van der Waals surface area contributed by atoms with Crippen LogP contribution in [0.2, 0.25) is 0 Å². The molecule has 0 radical (unpaired) electrons. The van der Waals surface area contributed by atoms with Crippen molar-refractivity contribution >= 4 is 15.7 Å². The molecule has 0 aromatic heterocycles. The normalized spacial score (nSPS) is 16.1. The van der Waals surface area contributed by atoms with E-state index in [-0.39, 0.29) is 28.1 Å². The fraction of sp³-hybridized carbons (Fsp3) is 0.571. The van der Waals surface area contributed by atoms with E-state index in [2.05, 4.69) is 0 Å². The van der Waals surface area contributed by atoms with E-state index in [9.17, 15) is 12.8 Å². The van der Waals surface area contributed by atoms with Crippen molar-refractivity contribution in [2.75, 3.05) is 12.3 Å². The highest BCUT2D eigenvalue weighted by molar-refractivity contribution is 7.89. The van der Waals surface area contributed by atoms with E-state index in [1.165, 1.54) is 23.4 Å². The molecule has 2 rings (SSSR count). The van der Waals surface area contributed by atoms with Gasteiger partial charge in [-0.1, -0.05) is 13.8 Å². The number of benzene rings is 1. The topological polar surface area (TPSA) is 63.4 Å². The Balaban J connectivity index is 2.42. The summed E-state index contributed by atoms with van der Waals surface area (Å²) in [6.07, 6.45) is 1.78. The Kier molecular flexibility index (Phi) is 4.07. The first kappa shape index (κ1) is 15.3. The predicted octanol–water partition coefficient (Wildman–Crippen LogP) is 2.53. The van der Waals surface area contributed by atoms with Gasteiger partial charge < -0.3 is 5.73 Å². The molecular weight excluding hydrogens is 279 g/mol. The average Bonchev–Trinajstić information content (AvgIpc) is 3.16. The van der Waals surface area contributed by atoms with Gasteiger partial charge in [0.15, 0.2) is 0 Å². The second kappa shape index (κ2) is 5.33. The third-order valence-corrected chi connectivity index (χ3v) is 5.26. The smallest absolute Gasteiger partial charge is 0.243 e. The van der Waals surface area contributed by atoms with Crippen molar-refractivity contribution in [2.24, 2.45) is 5.92 Å². The van der Waals surface area contributed by atoms with Gasteiger partial charge in [0, 0.05) is 12.6 Å². The maximum atomic E-state index is 13.5. The monoisotopic (exact) mass is 300 g/mol. The number of anilines is 1. The molecule has 4 nitrogen and oxygen atoms in total. The van der Waals surface area contributed by atoms with E-state index >= 15 is 0 Å². The molecule has 0 saturated heterocycles. The number of sulfonamides is 1. The molecule has 0 bridgehead atoms. The lowest BCUT2D eigenvalue weighted by Gasteiger charge is -2.24. The first-order valence-corrected chi connectivity index (χ1v) is 8.25. The number of halogens is 1. The summed E-state index contributed by atoms with van der Waals surface area (Å²) in [7, 11) is -3.61. The van der Waals surface area contributed by atoms with E-state index in [0.29, 0.717) is 6.54 Å². The van der Waals surface area contributed by atoms with Crippen molar-refractivity contribution in [3.05, 3.63) is 23.5 Å². The minimum Gasteiger partial charge on any atom is -0.396 e. The molecule has 1 aromatic carbocycles. The molecule has 1 fully saturated rings. The molecule has 1 aliphatic carbocycles. The van der Waals surface area contributed by atoms with Crippen LogP contribution in [-0.4, -0.2) is 25.3 Å². The number of rotatable bonds is 5. The van der Waals surface area contributed by atoms with Gasteiger partial charge in [0.2, 0.25) is 10.0 Å². The molecule has 1 aliphatic rings. The Labute approximate surface area is 119 Å². The van der Waals surface area contributed by atoms with E-state index in [4.69, 9.17) is 5.73 Å². The summed E-state index contributed by atoms with van der Waals surface area (Å²) in [6, 6.07) is 2.65. The number of hydrogen-bond acceptors (Lipinski definition) is 3. The average molecular weight is 300 g/mol. The van der Waals surface area contributed by atoms with E-state index < -0.39 is 15.8 Å². The summed E-state index contributed by atoms with van der Waals surface area (Å²) >= 11 is 0. The van der Waals surface area contributed by atoms with Crippen molar-refractivity contribution in [3.63, 3.8) is 0 Å². The fourth-order valence-corrected chi connectivity index (χ4v) is 4.18. The van der Waals surface area contributed by atoms with Gasteiger partial charge in [-0.05, 0) is 43.4 Å². The van der Waals surface area contributed by atoms with Gasteiger partial charge in [0.1, 0.15) is 5.82 Å². The van der Waals surface area contributed by atoms with Gasteiger partial charge in [0.25, 0.3) is 0 Å². The summed E-state index contributed by atoms with van der Waals surface area (Å²) in [4.78, 5) is 0.0847. The standard InChI is InChI=1S/C14H21FN2O2S/c1-9(2)8-17(11-4-5-11)20(18,19)12-6-10(3)14(15)13(16)7-12/h6-7,9,11H,4-5,8,16H2,1-3H3. The second-order valence-electron chi connectivity index (χ2n) is 5.84. The molecule has 1 saturated carbocycles. The first-order valence-electron chi connectivity index (χ1n) is 6.81. The van der Waals surface area contributed by atoms with Crippen LogP contribution in [0.25, 0.3) is 0 Å². The summed E-state index contributed by atoms with van der Waals surface area (Å²) in [6.45, 7) is 5.96. The van der Waals surface area contributed by atoms with Crippen molar-refractivity contribution in [2.45, 2.75) is 44.6 Å². The Hall–Kier alpha value is -1.14. The van der Waals surface area contributed by atoms with Crippen molar-refractivity contribution in [1.82, 2.24) is 4.31 Å². The second-order valence-corrected chi connectivity index (χ2v) is 7.73. The van der Waals surface area contributed by atoms with Gasteiger partial charge >= 0.3 is 0 Å². The fourth-order valence-electron chi connectivity index (χ4n) is 2.21. The number of aryl methyl sites for hydroxylation is 1. The number of nitrogen functional groups attached to an aromatic ring is 1. The van der Waals surface area contributed by atoms with Crippen LogP contribution < -0.4 is 5.73 Å². The number of nitrogens with two attached hydrogens (primary N) is 1. The van der Waals surface area contributed by atoms with Gasteiger partial charge in [-0.3, -0.25) is 0 Å². The molecule has 112 valence electrons. The van der Waals surface area contributed by atoms with Gasteiger partial charge in [0.05, 0.1) is 10.6 Å². The van der Waals surface area contributed by atoms with Crippen LogP contribution >= 0.6 is 0 Å². The SMILES string of the molecule is Cc1cc(S(=O)(=O)N(CC(C)C)C2CC2)cc(N)c1F. The highest BCUT2D eigenvalue weighted by Gasteiger charge is 2.38. The predicted molar refractivity (Wildman–Crippen MR) is 77.3 cm³/mol. The van der Waals surface area contributed by atoms with E-state index in [1.807, 2.05) is 13.8 Å². The minimum atomic E-state index is -3.61. The molecular formula is C14H21FN2O2S. The van der Waals surface area contributed by atoms with Crippen LogP contribution in [-0.2, 0) is 10.0 Å². The van der Waals surface area contributed by atoms with Crippen LogP contribution in [0.1, 0.15) is 32.3 Å². The molecule has 6 heteroatoms. The molecule has 20 heavy (non-hydrogen) atoms. The maximum absolute atomic E-state index is 13.5.